The molecule has 1 aliphatic rings. The topological polar surface area (TPSA) is 29.5 Å². The van der Waals surface area contributed by atoms with Crippen molar-refractivity contribution in [3.8, 4) is 0 Å². The highest BCUT2D eigenvalue weighted by Crippen LogP contribution is 2.27. The van der Waals surface area contributed by atoms with Crippen LogP contribution in [0.5, 0.6) is 0 Å². The quantitative estimate of drug-likeness (QED) is 0.739. The average molecular weight is 331 g/mol. The first-order valence-electron chi connectivity index (χ1n) is 5.25. The van der Waals surface area contributed by atoms with E-state index in [1.165, 1.54) is 14.7 Å². The molecule has 3 nitrogen and oxygen atoms in total. The normalized spacial score (nSPS) is 16.7. The standard InChI is InChI=1S/C12H14INO2/c1-8-9(2)11(4-3-10(8)13)14-5-6-16-7-12(14)15/h3-4H,5-7H2,1-2H3. The molecule has 1 aromatic carbocycles. The van der Waals surface area contributed by atoms with Gasteiger partial charge in [0.1, 0.15) is 6.61 Å². The second kappa shape index (κ2) is 4.71. The molecule has 1 aliphatic heterocycles. The van der Waals surface area contributed by atoms with Gasteiger partial charge in [-0.15, -0.1) is 0 Å². The number of carbonyl (C=O) groups is 1. The molecule has 0 saturated carbocycles. The van der Waals surface area contributed by atoms with Gasteiger partial charge in [-0.3, -0.25) is 4.79 Å². The van der Waals surface area contributed by atoms with Crippen molar-refractivity contribution in [3.63, 3.8) is 0 Å². The van der Waals surface area contributed by atoms with Crippen LogP contribution in [0.3, 0.4) is 0 Å². The highest BCUT2D eigenvalue weighted by Gasteiger charge is 2.22. The first-order valence-corrected chi connectivity index (χ1v) is 6.33. The Morgan fingerprint density at radius 1 is 1.31 bits per heavy atom. The smallest absolute Gasteiger partial charge is 0.253 e. The molecule has 86 valence electrons. The number of carbonyl (C=O) groups excluding carboxylic acids is 1. The molecule has 2 rings (SSSR count). The molecule has 1 saturated heterocycles. The van der Waals surface area contributed by atoms with Crippen molar-refractivity contribution in [2.45, 2.75) is 13.8 Å². The van der Waals surface area contributed by atoms with Gasteiger partial charge in [0.2, 0.25) is 0 Å². The van der Waals surface area contributed by atoms with Gasteiger partial charge < -0.3 is 9.64 Å². The molecule has 0 unspecified atom stereocenters. The number of hydrogen-bond donors (Lipinski definition) is 0. The van der Waals surface area contributed by atoms with Crippen LogP contribution in [0.1, 0.15) is 11.1 Å². The Kier molecular flexibility index (Phi) is 3.49. The zero-order chi connectivity index (χ0) is 11.7. The second-order valence-electron chi connectivity index (χ2n) is 3.91. The molecular weight excluding hydrogens is 317 g/mol. The van der Waals surface area contributed by atoms with Crippen LogP contribution < -0.4 is 4.90 Å². The molecule has 0 spiro atoms. The van der Waals surface area contributed by atoms with E-state index in [1.54, 1.807) is 0 Å². The predicted molar refractivity (Wildman–Crippen MR) is 71.8 cm³/mol. The van der Waals surface area contributed by atoms with E-state index in [2.05, 4.69) is 42.5 Å². The average Bonchev–Trinajstić information content (AvgIpc) is 2.28. The van der Waals surface area contributed by atoms with E-state index in [4.69, 9.17) is 4.74 Å². The monoisotopic (exact) mass is 331 g/mol. The van der Waals surface area contributed by atoms with E-state index < -0.39 is 0 Å². The molecule has 1 amide bonds. The van der Waals surface area contributed by atoms with Crippen molar-refractivity contribution in [2.24, 2.45) is 0 Å². The Balaban J connectivity index is 2.40. The number of benzene rings is 1. The molecule has 0 atom stereocenters. The van der Waals surface area contributed by atoms with Crippen molar-refractivity contribution in [3.05, 3.63) is 26.8 Å². The van der Waals surface area contributed by atoms with Crippen molar-refractivity contribution in [1.29, 1.82) is 0 Å². The first-order chi connectivity index (χ1) is 7.61. The predicted octanol–water partition coefficient (Wildman–Crippen LogP) is 2.27. The Hall–Kier alpha value is -0.620. The lowest BCUT2D eigenvalue weighted by molar-refractivity contribution is -0.125. The maximum absolute atomic E-state index is 11.7. The maximum Gasteiger partial charge on any atom is 0.253 e. The summed E-state index contributed by atoms with van der Waals surface area (Å²) in [7, 11) is 0. The fourth-order valence-corrected chi connectivity index (χ4v) is 2.42. The number of hydrogen-bond acceptors (Lipinski definition) is 2. The van der Waals surface area contributed by atoms with E-state index in [-0.39, 0.29) is 12.5 Å². The third kappa shape index (κ3) is 2.08. The number of rotatable bonds is 1. The van der Waals surface area contributed by atoms with Crippen LogP contribution in [-0.4, -0.2) is 25.7 Å². The largest absolute Gasteiger partial charge is 0.370 e. The number of morpholine rings is 1. The Bertz CT molecular complexity index is 431. The highest BCUT2D eigenvalue weighted by molar-refractivity contribution is 14.1. The van der Waals surface area contributed by atoms with E-state index in [1.807, 2.05) is 11.0 Å². The number of amides is 1. The minimum absolute atomic E-state index is 0.0509. The first kappa shape index (κ1) is 11.9. The van der Waals surface area contributed by atoms with Crippen molar-refractivity contribution < 1.29 is 9.53 Å². The summed E-state index contributed by atoms with van der Waals surface area (Å²) in [6.07, 6.45) is 0. The van der Waals surface area contributed by atoms with Crippen molar-refractivity contribution >= 4 is 34.2 Å². The van der Waals surface area contributed by atoms with Gasteiger partial charge in [-0.1, -0.05) is 0 Å². The molecule has 1 aromatic rings. The fourth-order valence-electron chi connectivity index (χ4n) is 1.84. The Morgan fingerprint density at radius 3 is 2.75 bits per heavy atom. The summed E-state index contributed by atoms with van der Waals surface area (Å²) >= 11 is 2.31. The van der Waals surface area contributed by atoms with E-state index in [9.17, 15) is 4.79 Å². The van der Waals surface area contributed by atoms with Gasteiger partial charge in [0.25, 0.3) is 5.91 Å². The van der Waals surface area contributed by atoms with Gasteiger partial charge in [0.15, 0.2) is 0 Å². The van der Waals surface area contributed by atoms with Crippen LogP contribution in [0.2, 0.25) is 0 Å². The molecule has 1 heterocycles. The fraction of sp³-hybridized carbons (Fsp3) is 0.417. The highest BCUT2D eigenvalue weighted by atomic mass is 127. The van der Waals surface area contributed by atoms with Crippen LogP contribution >= 0.6 is 22.6 Å². The van der Waals surface area contributed by atoms with Crippen molar-refractivity contribution in [1.82, 2.24) is 0 Å². The van der Waals surface area contributed by atoms with E-state index >= 15 is 0 Å². The summed E-state index contributed by atoms with van der Waals surface area (Å²) in [5.74, 6) is 0.0509. The molecular formula is C12H14INO2. The molecule has 0 radical (unpaired) electrons. The molecule has 0 aliphatic carbocycles. The zero-order valence-electron chi connectivity index (χ0n) is 9.42. The van der Waals surface area contributed by atoms with Gasteiger partial charge in [-0.2, -0.15) is 0 Å². The number of halogens is 1. The van der Waals surface area contributed by atoms with Crippen LogP contribution in [-0.2, 0) is 9.53 Å². The third-order valence-corrected chi connectivity index (χ3v) is 4.14. The van der Waals surface area contributed by atoms with Crippen molar-refractivity contribution in [2.75, 3.05) is 24.7 Å². The number of anilines is 1. The molecule has 0 bridgehead atoms. The molecule has 0 aromatic heterocycles. The van der Waals surface area contributed by atoms with E-state index in [0.29, 0.717) is 13.2 Å². The van der Waals surface area contributed by atoms with Gasteiger partial charge in [-0.05, 0) is 59.7 Å². The van der Waals surface area contributed by atoms with Gasteiger partial charge in [0, 0.05) is 15.8 Å². The third-order valence-electron chi connectivity index (χ3n) is 2.97. The number of nitrogens with zero attached hydrogens (tertiary/aromatic N) is 1. The summed E-state index contributed by atoms with van der Waals surface area (Å²) in [4.78, 5) is 13.6. The summed E-state index contributed by atoms with van der Waals surface area (Å²) < 4.78 is 6.37. The molecule has 4 heteroatoms. The van der Waals surface area contributed by atoms with Crippen LogP contribution in [0.4, 0.5) is 5.69 Å². The molecule has 16 heavy (non-hydrogen) atoms. The van der Waals surface area contributed by atoms with Gasteiger partial charge in [0.05, 0.1) is 6.61 Å². The summed E-state index contributed by atoms with van der Waals surface area (Å²) in [6, 6.07) is 4.08. The maximum atomic E-state index is 11.7. The number of ether oxygens (including phenoxy) is 1. The second-order valence-corrected chi connectivity index (χ2v) is 5.08. The lowest BCUT2D eigenvalue weighted by Crippen LogP contribution is -2.42. The lowest BCUT2D eigenvalue weighted by Gasteiger charge is -2.28. The minimum Gasteiger partial charge on any atom is -0.370 e. The van der Waals surface area contributed by atoms with Gasteiger partial charge in [-0.25, -0.2) is 0 Å². The van der Waals surface area contributed by atoms with Crippen LogP contribution in [0.25, 0.3) is 0 Å². The summed E-state index contributed by atoms with van der Waals surface area (Å²) in [5.41, 5.74) is 3.45. The van der Waals surface area contributed by atoms with Crippen LogP contribution in [0, 0.1) is 17.4 Å². The minimum atomic E-state index is 0.0509. The zero-order valence-corrected chi connectivity index (χ0v) is 11.6. The Morgan fingerprint density at radius 2 is 2.06 bits per heavy atom. The Labute approximate surface area is 109 Å². The van der Waals surface area contributed by atoms with Crippen LogP contribution in [0.15, 0.2) is 12.1 Å². The molecule has 0 N–H and O–H groups in total. The molecule has 1 fully saturated rings. The van der Waals surface area contributed by atoms with E-state index in [0.717, 1.165) is 5.69 Å². The summed E-state index contributed by atoms with van der Waals surface area (Å²) in [6.45, 7) is 5.63. The SMILES string of the molecule is Cc1c(I)ccc(N2CCOCC2=O)c1C. The summed E-state index contributed by atoms with van der Waals surface area (Å²) in [5, 5.41) is 0. The van der Waals surface area contributed by atoms with Gasteiger partial charge >= 0.3 is 0 Å². The lowest BCUT2D eigenvalue weighted by atomic mass is 10.1.